The molecule has 1 amide bonds. The Morgan fingerprint density at radius 1 is 1.63 bits per heavy atom. The van der Waals surface area contributed by atoms with Crippen LogP contribution >= 0.6 is 23.4 Å². The van der Waals surface area contributed by atoms with Gasteiger partial charge >= 0.3 is 0 Å². The Morgan fingerprint density at radius 2 is 2.47 bits per heavy atom. The van der Waals surface area contributed by atoms with E-state index in [1.54, 1.807) is 0 Å². The molecular formula is C14H19ClN2OS. The molecule has 2 atom stereocenters. The summed E-state index contributed by atoms with van der Waals surface area (Å²) in [5, 5.41) is 7.09. The van der Waals surface area contributed by atoms with Crippen molar-refractivity contribution in [3.05, 3.63) is 34.9 Å². The van der Waals surface area contributed by atoms with Crippen molar-refractivity contribution in [2.24, 2.45) is 0 Å². The monoisotopic (exact) mass is 298 g/mol. The minimum Gasteiger partial charge on any atom is -0.350 e. The second kappa shape index (κ2) is 7.17. The number of nitrogens with one attached hydrogen (secondary N) is 2. The summed E-state index contributed by atoms with van der Waals surface area (Å²) in [5.41, 5.74) is 1.03. The molecule has 1 fully saturated rings. The van der Waals surface area contributed by atoms with Gasteiger partial charge in [0.1, 0.15) is 0 Å². The predicted octanol–water partition coefficient (Wildman–Crippen LogP) is 2.61. The van der Waals surface area contributed by atoms with Gasteiger partial charge in [-0.1, -0.05) is 23.7 Å². The van der Waals surface area contributed by atoms with Crippen LogP contribution in [0, 0.1) is 0 Å². The zero-order chi connectivity index (χ0) is 13.7. The number of carbonyl (C=O) groups excluding carboxylic acids is 1. The summed E-state index contributed by atoms with van der Waals surface area (Å²) in [7, 11) is 0. The Balaban J connectivity index is 1.84. The number of benzene rings is 1. The van der Waals surface area contributed by atoms with E-state index in [4.69, 9.17) is 11.6 Å². The fourth-order valence-corrected chi connectivity index (χ4v) is 3.28. The molecule has 3 nitrogen and oxygen atoms in total. The summed E-state index contributed by atoms with van der Waals surface area (Å²) < 4.78 is 0. The van der Waals surface area contributed by atoms with Gasteiger partial charge in [-0.15, -0.1) is 0 Å². The van der Waals surface area contributed by atoms with E-state index in [2.05, 4.69) is 10.6 Å². The van der Waals surface area contributed by atoms with Gasteiger partial charge in [0.15, 0.2) is 0 Å². The van der Waals surface area contributed by atoms with Gasteiger partial charge in [0, 0.05) is 35.5 Å². The highest BCUT2D eigenvalue weighted by Crippen LogP contribution is 2.18. The normalized spacial score (nSPS) is 20.8. The lowest BCUT2D eigenvalue weighted by Crippen LogP contribution is -2.41. The highest BCUT2D eigenvalue weighted by atomic mass is 35.5. The van der Waals surface area contributed by atoms with Crippen molar-refractivity contribution in [2.45, 2.75) is 25.4 Å². The van der Waals surface area contributed by atoms with E-state index in [0.717, 1.165) is 23.6 Å². The Morgan fingerprint density at radius 3 is 3.16 bits per heavy atom. The number of halogens is 1. The first-order valence-electron chi connectivity index (χ1n) is 6.51. The molecule has 1 aromatic carbocycles. The van der Waals surface area contributed by atoms with Crippen LogP contribution in [0.25, 0.3) is 0 Å². The first-order valence-corrected chi connectivity index (χ1v) is 8.04. The molecule has 1 aliphatic rings. The standard InChI is InChI=1S/C14H19ClN2OS/c1-10(11-3-2-4-12(15)7-11)17-14(18)8-13-9-19-6-5-16-13/h2-4,7,10,13,16H,5-6,8-9H2,1H3,(H,17,18)/t10-,13?/m1/s1. The summed E-state index contributed by atoms with van der Waals surface area (Å²) in [5.74, 6) is 2.24. The first-order chi connectivity index (χ1) is 9.15. The molecule has 1 saturated heterocycles. The Bertz CT molecular complexity index is 435. The van der Waals surface area contributed by atoms with Crippen LogP contribution in [0.15, 0.2) is 24.3 Å². The molecule has 5 heteroatoms. The number of hydrogen-bond acceptors (Lipinski definition) is 3. The molecule has 104 valence electrons. The predicted molar refractivity (Wildman–Crippen MR) is 81.7 cm³/mol. The molecule has 0 spiro atoms. The van der Waals surface area contributed by atoms with Crippen LogP contribution in [-0.4, -0.2) is 30.0 Å². The fraction of sp³-hybridized carbons (Fsp3) is 0.500. The summed E-state index contributed by atoms with van der Waals surface area (Å²) in [6, 6.07) is 7.89. The van der Waals surface area contributed by atoms with Crippen molar-refractivity contribution in [3.8, 4) is 0 Å². The van der Waals surface area contributed by atoms with E-state index in [1.807, 2.05) is 43.0 Å². The molecule has 1 unspecified atom stereocenters. The van der Waals surface area contributed by atoms with Gasteiger partial charge in [0.25, 0.3) is 0 Å². The number of carbonyl (C=O) groups is 1. The van der Waals surface area contributed by atoms with Gasteiger partial charge in [-0.25, -0.2) is 0 Å². The third-order valence-electron chi connectivity index (χ3n) is 3.16. The van der Waals surface area contributed by atoms with Crippen LogP contribution in [0.2, 0.25) is 5.02 Å². The van der Waals surface area contributed by atoms with Crippen LogP contribution in [0.5, 0.6) is 0 Å². The second-order valence-corrected chi connectivity index (χ2v) is 6.36. The number of rotatable bonds is 4. The zero-order valence-corrected chi connectivity index (χ0v) is 12.6. The molecule has 2 rings (SSSR count). The summed E-state index contributed by atoms with van der Waals surface area (Å²) in [6.45, 7) is 2.97. The van der Waals surface area contributed by atoms with Crippen LogP contribution in [-0.2, 0) is 4.79 Å². The molecule has 0 aromatic heterocycles. The van der Waals surface area contributed by atoms with Gasteiger partial charge < -0.3 is 10.6 Å². The van der Waals surface area contributed by atoms with Crippen molar-refractivity contribution < 1.29 is 4.79 Å². The maximum atomic E-state index is 12.0. The SMILES string of the molecule is C[C@@H](NC(=O)CC1CSCCN1)c1cccc(Cl)c1. The lowest BCUT2D eigenvalue weighted by atomic mass is 10.1. The van der Waals surface area contributed by atoms with E-state index in [-0.39, 0.29) is 11.9 Å². The molecule has 1 heterocycles. The van der Waals surface area contributed by atoms with Crippen molar-refractivity contribution in [1.29, 1.82) is 0 Å². The van der Waals surface area contributed by atoms with Crippen molar-refractivity contribution in [3.63, 3.8) is 0 Å². The summed E-state index contributed by atoms with van der Waals surface area (Å²) in [4.78, 5) is 12.0. The molecule has 0 bridgehead atoms. The fourth-order valence-electron chi connectivity index (χ4n) is 2.13. The largest absolute Gasteiger partial charge is 0.350 e. The van der Waals surface area contributed by atoms with Gasteiger partial charge in [0.2, 0.25) is 5.91 Å². The molecular weight excluding hydrogens is 280 g/mol. The molecule has 0 saturated carbocycles. The van der Waals surface area contributed by atoms with E-state index in [9.17, 15) is 4.79 Å². The summed E-state index contributed by atoms with van der Waals surface area (Å²) >= 11 is 7.86. The lowest BCUT2D eigenvalue weighted by Gasteiger charge is -2.23. The van der Waals surface area contributed by atoms with Crippen molar-refractivity contribution in [2.75, 3.05) is 18.1 Å². The van der Waals surface area contributed by atoms with Crippen LogP contribution in [0.4, 0.5) is 0 Å². The average Bonchev–Trinajstić information content (AvgIpc) is 2.39. The minimum absolute atomic E-state index is 0.0116. The van der Waals surface area contributed by atoms with E-state index in [0.29, 0.717) is 17.5 Å². The smallest absolute Gasteiger partial charge is 0.222 e. The Hall–Kier alpha value is -0.710. The second-order valence-electron chi connectivity index (χ2n) is 4.77. The van der Waals surface area contributed by atoms with Gasteiger partial charge in [0.05, 0.1) is 6.04 Å². The van der Waals surface area contributed by atoms with Gasteiger partial charge in [-0.3, -0.25) is 4.79 Å². The average molecular weight is 299 g/mol. The molecule has 0 aliphatic carbocycles. The van der Waals surface area contributed by atoms with Crippen LogP contribution in [0.3, 0.4) is 0 Å². The quantitative estimate of drug-likeness (QED) is 0.898. The van der Waals surface area contributed by atoms with Crippen molar-refractivity contribution >= 4 is 29.3 Å². The molecule has 19 heavy (non-hydrogen) atoms. The number of thioether (sulfide) groups is 1. The topological polar surface area (TPSA) is 41.1 Å². The molecule has 0 radical (unpaired) electrons. The molecule has 1 aromatic rings. The zero-order valence-electron chi connectivity index (χ0n) is 11.0. The lowest BCUT2D eigenvalue weighted by molar-refractivity contribution is -0.122. The van der Waals surface area contributed by atoms with E-state index < -0.39 is 0 Å². The van der Waals surface area contributed by atoms with Crippen LogP contribution in [0.1, 0.15) is 24.9 Å². The Labute approximate surface area is 123 Å². The van der Waals surface area contributed by atoms with Crippen LogP contribution < -0.4 is 10.6 Å². The molecule has 1 aliphatic heterocycles. The third kappa shape index (κ3) is 4.71. The van der Waals surface area contributed by atoms with Gasteiger partial charge in [-0.05, 0) is 24.6 Å². The van der Waals surface area contributed by atoms with E-state index >= 15 is 0 Å². The number of amides is 1. The van der Waals surface area contributed by atoms with Crippen molar-refractivity contribution in [1.82, 2.24) is 10.6 Å². The first kappa shape index (κ1) is 14.7. The maximum Gasteiger partial charge on any atom is 0.222 e. The van der Waals surface area contributed by atoms with Gasteiger partial charge in [-0.2, -0.15) is 11.8 Å². The minimum atomic E-state index is -0.0116. The molecule has 2 N–H and O–H groups in total. The third-order valence-corrected chi connectivity index (χ3v) is 4.52. The highest BCUT2D eigenvalue weighted by Gasteiger charge is 2.18. The maximum absolute atomic E-state index is 12.0. The number of hydrogen-bond donors (Lipinski definition) is 2. The Kier molecular flexibility index (Phi) is 5.55. The highest BCUT2D eigenvalue weighted by molar-refractivity contribution is 7.99. The van der Waals surface area contributed by atoms with E-state index in [1.165, 1.54) is 0 Å². The summed E-state index contributed by atoms with van der Waals surface area (Å²) in [6.07, 6.45) is 0.540.